The van der Waals surface area contributed by atoms with Crippen molar-refractivity contribution in [3.05, 3.63) is 42.5 Å². The zero-order valence-corrected chi connectivity index (χ0v) is 11.4. The molecule has 0 aliphatic rings. The minimum absolute atomic E-state index is 0.841. The van der Waals surface area contributed by atoms with Crippen molar-refractivity contribution in [2.45, 2.75) is 26.6 Å². The third-order valence-corrected chi connectivity index (χ3v) is 2.65. The first kappa shape index (κ1) is 12.7. The summed E-state index contributed by atoms with van der Waals surface area (Å²) in [6, 6.07) is 10.0. The first-order chi connectivity index (χ1) is 7.40. The minimum atomic E-state index is -1.60. The zero-order valence-electron chi connectivity index (χ0n) is 10.4. The van der Waals surface area contributed by atoms with Crippen LogP contribution in [-0.2, 0) is 4.53 Å². The van der Waals surface area contributed by atoms with Gasteiger partial charge < -0.3 is 4.53 Å². The molecule has 0 fully saturated rings. The Morgan fingerprint density at radius 2 is 1.75 bits per heavy atom. The molecule has 86 valence electrons. The standard InChI is InChI=1S/C13H19NOSi/c1-11(13-9-7-6-8-10-13)12(2)14-15-16(3,4)5/h6-10H,1H2,2-5H3/b14-12+. The lowest BCUT2D eigenvalue weighted by Gasteiger charge is -2.14. The number of hydrogen-bond donors (Lipinski definition) is 0. The van der Waals surface area contributed by atoms with Crippen LogP contribution in [0.3, 0.4) is 0 Å². The van der Waals surface area contributed by atoms with Gasteiger partial charge in [0.15, 0.2) is 0 Å². The highest BCUT2D eigenvalue weighted by molar-refractivity contribution is 6.69. The molecule has 0 amide bonds. The van der Waals surface area contributed by atoms with Crippen LogP contribution < -0.4 is 0 Å². The summed E-state index contributed by atoms with van der Waals surface area (Å²) in [6.07, 6.45) is 0. The third kappa shape index (κ3) is 4.02. The Balaban J connectivity index is 2.76. The van der Waals surface area contributed by atoms with E-state index in [0.29, 0.717) is 0 Å². The predicted octanol–water partition coefficient (Wildman–Crippen LogP) is 3.93. The van der Waals surface area contributed by atoms with Gasteiger partial charge in [-0.1, -0.05) is 36.9 Å². The molecule has 3 heteroatoms. The summed E-state index contributed by atoms with van der Waals surface area (Å²) in [5, 5.41) is 4.15. The van der Waals surface area contributed by atoms with Gasteiger partial charge in [0, 0.05) is 0 Å². The highest BCUT2D eigenvalue weighted by Gasteiger charge is 2.16. The minimum Gasteiger partial charge on any atom is -0.455 e. The van der Waals surface area contributed by atoms with E-state index in [1.54, 1.807) is 0 Å². The second kappa shape index (κ2) is 5.12. The van der Waals surface area contributed by atoms with Gasteiger partial charge in [0.05, 0.1) is 5.71 Å². The Labute approximate surface area is 98.8 Å². The predicted molar refractivity (Wildman–Crippen MR) is 73.0 cm³/mol. The largest absolute Gasteiger partial charge is 0.455 e. The number of nitrogens with zero attached hydrogens (tertiary/aromatic N) is 1. The summed E-state index contributed by atoms with van der Waals surface area (Å²) in [5.74, 6) is 0. The normalized spacial score (nSPS) is 12.4. The molecule has 0 saturated carbocycles. The van der Waals surface area contributed by atoms with Crippen LogP contribution in [0.15, 0.2) is 42.1 Å². The topological polar surface area (TPSA) is 21.6 Å². The first-order valence-corrected chi connectivity index (χ1v) is 8.78. The Kier molecular flexibility index (Phi) is 4.07. The van der Waals surface area contributed by atoms with Gasteiger partial charge in [-0.15, -0.1) is 5.16 Å². The lowest BCUT2D eigenvalue weighted by Crippen LogP contribution is -2.22. The van der Waals surface area contributed by atoms with Gasteiger partial charge in [-0.05, 0) is 37.7 Å². The molecule has 0 saturated heterocycles. The van der Waals surface area contributed by atoms with Crippen LogP contribution in [0.2, 0.25) is 19.6 Å². The molecule has 0 N–H and O–H groups in total. The summed E-state index contributed by atoms with van der Waals surface area (Å²) < 4.78 is 5.50. The Morgan fingerprint density at radius 1 is 1.19 bits per heavy atom. The van der Waals surface area contributed by atoms with Crippen LogP contribution in [0.1, 0.15) is 12.5 Å². The van der Waals surface area contributed by atoms with Gasteiger partial charge in [0.2, 0.25) is 0 Å². The SMILES string of the molecule is C=C(/C(C)=N/O[Si](C)(C)C)c1ccccc1. The zero-order chi connectivity index (χ0) is 12.2. The molecule has 0 spiro atoms. The smallest absolute Gasteiger partial charge is 0.278 e. The van der Waals surface area contributed by atoms with Crippen LogP contribution in [0.5, 0.6) is 0 Å². The average Bonchev–Trinajstić information content (AvgIpc) is 2.25. The van der Waals surface area contributed by atoms with Gasteiger partial charge in [0.25, 0.3) is 8.32 Å². The second-order valence-corrected chi connectivity index (χ2v) is 9.13. The molecule has 0 aliphatic carbocycles. The highest BCUT2D eigenvalue weighted by atomic mass is 28.4. The fourth-order valence-electron chi connectivity index (χ4n) is 1.11. The van der Waals surface area contributed by atoms with Crippen molar-refractivity contribution in [3.8, 4) is 0 Å². The van der Waals surface area contributed by atoms with Crippen LogP contribution in [0, 0.1) is 0 Å². The van der Waals surface area contributed by atoms with E-state index in [9.17, 15) is 0 Å². The molecule has 1 rings (SSSR count). The van der Waals surface area contributed by atoms with E-state index in [2.05, 4.69) is 31.4 Å². The van der Waals surface area contributed by atoms with Crippen LogP contribution >= 0.6 is 0 Å². The second-order valence-electron chi connectivity index (χ2n) is 4.72. The van der Waals surface area contributed by atoms with E-state index < -0.39 is 8.32 Å². The average molecular weight is 233 g/mol. The molecule has 0 heterocycles. The molecule has 2 nitrogen and oxygen atoms in total. The third-order valence-electron chi connectivity index (χ3n) is 2.02. The van der Waals surface area contributed by atoms with Gasteiger partial charge in [-0.25, -0.2) is 0 Å². The fraction of sp³-hybridized carbons (Fsp3) is 0.308. The van der Waals surface area contributed by atoms with Gasteiger partial charge in [-0.3, -0.25) is 0 Å². The van der Waals surface area contributed by atoms with Crippen LogP contribution in [-0.4, -0.2) is 14.0 Å². The summed E-state index contributed by atoms with van der Waals surface area (Å²) in [4.78, 5) is 0. The van der Waals surface area contributed by atoms with E-state index in [1.807, 2.05) is 37.3 Å². The number of rotatable bonds is 4. The summed E-state index contributed by atoms with van der Waals surface area (Å²) in [6.45, 7) is 12.3. The quantitative estimate of drug-likeness (QED) is 0.439. The summed E-state index contributed by atoms with van der Waals surface area (Å²) in [7, 11) is -1.60. The number of benzene rings is 1. The van der Waals surface area contributed by atoms with Gasteiger partial charge >= 0.3 is 0 Å². The Hall–Kier alpha value is -1.35. The Bertz CT molecular complexity index is 390. The fourth-order valence-corrected chi connectivity index (χ4v) is 1.52. The van der Waals surface area contributed by atoms with Crippen molar-refractivity contribution >= 4 is 19.6 Å². The van der Waals surface area contributed by atoms with E-state index in [4.69, 9.17) is 4.53 Å². The summed E-state index contributed by atoms with van der Waals surface area (Å²) >= 11 is 0. The highest BCUT2D eigenvalue weighted by Crippen LogP contribution is 2.14. The lowest BCUT2D eigenvalue weighted by molar-refractivity contribution is 0.336. The van der Waals surface area contributed by atoms with Crippen molar-refractivity contribution in [2.75, 3.05) is 0 Å². The van der Waals surface area contributed by atoms with Crippen molar-refractivity contribution in [2.24, 2.45) is 5.16 Å². The number of oxime groups is 1. The maximum Gasteiger partial charge on any atom is 0.278 e. The molecule has 0 bridgehead atoms. The lowest BCUT2D eigenvalue weighted by atomic mass is 10.0. The number of hydrogen-bond acceptors (Lipinski definition) is 2. The van der Waals surface area contributed by atoms with Gasteiger partial charge in [-0.2, -0.15) is 0 Å². The van der Waals surface area contributed by atoms with E-state index in [-0.39, 0.29) is 0 Å². The van der Waals surface area contributed by atoms with Gasteiger partial charge in [0.1, 0.15) is 0 Å². The molecule has 0 unspecified atom stereocenters. The van der Waals surface area contributed by atoms with E-state index >= 15 is 0 Å². The van der Waals surface area contributed by atoms with Crippen molar-refractivity contribution in [3.63, 3.8) is 0 Å². The molecule has 0 atom stereocenters. The van der Waals surface area contributed by atoms with Crippen LogP contribution in [0.4, 0.5) is 0 Å². The maximum absolute atomic E-state index is 5.50. The molecule has 0 aliphatic heterocycles. The van der Waals surface area contributed by atoms with Crippen LogP contribution in [0.25, 0.3) is 5.57 Å². The molecule has 16 heavy (non-hydrogen) atoms. The summed E-state index contributed by atoms with van der Waals surface area (Å²) in [5.41, 5.74) is 2.84. The molecule has 1 aromatic rings. The molecular weight excluding hydrogens is 214 g/mol. The van der Waals surface area contributed by atoms with Crippen molar-refractivity contribution in [1.29, 1.82) is 0 Å². The van der Waals surface area contributed by atoms with Crippen molar-refractivity contribution < 1.29 is 4.53 Å². The number of allylic oxidation sites excluding steroid dienone is 1. The molecular formula is C13H19NOSi. The van der Waals surface area contributed by atoms with Crippen molar-refractivity contribution in [1.82, 2.24) is 0 Å². The molecule has 1 aromatic carbocycles. The van der Waals surface area contributed by atoms with E-state index in [1.165, 1.54) is 0 Å². The molecule has 0 aromatic heterocycles. The monoisotopic (exact) mass is 233 g/mol. The first-order valence-electron chi connectivity index (χ1n) is 5.37. The van der Waals surface area contributed by atoms with E-state index in [0.717, 1.165) is 16.8 Å². The molecule has 0 radical (unpaired) electrons. The Morgan fingerprint density at radius 3 is 2.25 bits per heavy atom. The maximum atomic E-state index is 5.50.